The first-order chi connectivity index (χ1) is 19.8. The zero-order chi connectivity index (χ0) is 26.5. The number of hydrogen-bond acceptors (Lipinski definition) is 1. The van der Waals surface area contributed by atoms with Gasteiger partial charge in [-0.15, -0.1) is 0 Å². The summed E-state index contributed by atoms with van der Waals surface area (Å²) in [5.74, 6) is 0. The third-order valence-corrected chi connectivity index (χ3v) is 8.08. The lowest BCUT2D eigenvalue weighted by Gasteiger charge is -2.19. The summed E-state index contributed by atoms with van der Waals surface area (Å²) in [5.41, 5.74) is 8.37. The van der Waals surface area contributed by atoms with Crippen molar-refractivity contribution < 1.29 is 0 Å². The Hall–Kier alpha value is -5.27. The molecule has 8 rings (SSSR count). The van der Waals surface area contributed by atoms with E-state index in [1.807, 2.05) is 0 Å². The maximum absolute atomic E-state index is 4.93. The fourth-order valence-corrected chi connectivity index (χ4v) is 6.21. The second kappa shape index (κ2) is 9.18. The predicted molar refractivity (Wildman–Crippen MR) is 171 cm³/mol. The van der Waals surface area contributed by atoms with Crippen LogP contribution in [0.4, 0.5) is 0 Å². The van der Waals surface area contributed by atoms with Gasteiger partial charge in [0, 0.05) is 22.4 Å². The summed E-state index contributed by atoms with van der Waals surface area (Å²) in [6.45, 7) is 0. The molecule has 1 nitrogen and oxygen atoms in total. The molecule has 0 saturated carbocycles. The van der Waals surface area contributed by atoms with Gasteiger partial charge in [0.1, 0.15) is 0 Å². The maximum atomic E-state index is 4.93. The Morgan fingerprint density at radius 1 is 0.350 bits per heavy atom. The van der Waals surface area contributed by atoms with Crippen LogP contribution in [-0.2, 0) is 0 Å². The molecule has 1 aromatic heterocycles. The van der Waals surface area contributed by atoms with Crippen LogP contribution in [-0.4, -0.2) is 4.98 Å². The molecule has 1 heteroatoms. The number of pyridine rings is 1. The molecule has 0 radical (unpaired) electrons. The van der Waals surface area contributed by atoms with E-state index in [9.17, 15) is 0 Å². The van der Waals surface area contributed by atoms with Crippen LogP contribution in [0, 0.1) is 0 Å². The minimum atomic E-state index is 1.01. The number of nitrogens with zero attached hydrogens (tertiary/aromatic N) is 1. The van der Waals surface area contributed by atoms with Gasteiger partial charge in [0.25, 0.3) is 0 Å². The first kappa shape index (κ1) is 22.7. The zero-order valence-electron chi connectivity index (χ0n) is 21.9. The van der Waals surface area contributed by atoms with Crippen molar-refractivity contribution in [2.24, 2.45) is 0 Å². The van der Waals surface area contributed by atoms with E-state index in [-0.39, 0.29) is 0 Å². The number of aromatic nitrogens is 1. The zero-order valence-corrected chi connectivity index (χ0v) is 21.9. The van der Waals surface area contributed by atoms with Gasteiger partial charge in [0.15, 0.2) is 0 Å². The van der Waals surface area contributed by atoms with Gasteiger partial charge in [-0.25, -0.2) is 0 Å². The summed E-state index contributed by atoms with van der Waals surface area (Å²) in [4.78, 5) is 4.93. The van der Waals surface area contributed by atoms with Crippen molar-refractivity contribution in [2.45, 2.75) is 0 Å². The van der Waals surface area contributed by atoms with Crippen molar-refractivity contribution in [2.75, 3.05) is 0 Å². The second-order valence-corrected chi connectivity index (χ2v) is 10.4. The number of rotatable bonds is 3. The minimum Gasteiger partial charge on any atom is -0.256 e. The molecule has 0 saturated heterocycles. The van der Waals surface area contributed by atoms with Crippen LogP contribution in [0.25, 0.3) is 76.6 Å². The Morgan fingerprint density at radius 3 is 1.73 bits per heavy atom. The van der Waals surface area contributed by atoms with Crippen LogP contribution in [0.1, 0.15) is 0 Å². The number of para-hydroxylation sites is 1. The average Bonchev–Trinajstić information content (AvgIpc) is 3.04. The second-order valence-electron chi connectivity index (χ2n) is 10.4. The normalized spacial score (nSPS) is 11.5. The smallest absolute Gasteiger partial charge is 0.0708 e. The molecule has 0 aliphatic rings. The highest BCUT2D eigenvalue weighted by Gasteiger charge is 2.19. The number of fused-ring (bicyclic) bond motifs is 5. The molecule has 0 N–H and O–H groups in total. The third-order valence-electron chi connectivity index (χ3n) is 8.08. The van der Waals surface area contributed by atoms with Gasteiger partial charge in [-0.1, -0.05) is 133 Å². The lowest BCUT2D eigenvalue weighted by molar-refractivity contribution is 1.45. The maximum Gasteiger partial charge on any atom is 0.0708 e. The molecule has 0 bridgehead atoms. The first-order valence-electron chi connectivity index (χ1n) is 13.7. The highest BCUT2D eigenvalue weighted by Crippen LogP contribution is 2.45. The molecule has 1 heterocycles. The van der Waals surface area contributed by atoms with Gasteiger partial charge in [-0.05, 0) is 67.1 Å². The molecular weight excluding hydrogens is 482 g/mol. The molecule has 7 aromatic carbocycles. The van der Waals surface area contributed by atoms with Gasteiger partial charge in [0.2, 0.25) is 0 Å². The minimum absolute atomic E-state index is 1.01. The van der Waals surface area contributed by atoms with E-state index in [4.69, 9.17) is 4.98 Å². The fraction of sp³-hybridized carbons (Fsp3) is 0. The third kappa shape index (κ3) is 3.60. The summed E-state index contributed by atoms with van der Waals surface area (Å²) in [6.07, 6.45) is 2.07. The van der Waals surface area contributed by atoms with E-state index < -0.39 is 0 Å². The van der Waals surface area contributed by atoms with E-state index in [1.54, 1.807) is 0 Å². The van der Waals surface area contributed by atoms with Crippen molar-refractivity contribution in [3.05, 3.63) is 152 Å². The van der Waals surface area contributed by atoms with Gasteiger partial charge < -0.3 is 0 Å². The van der Waals surface area contributed by atoms with Crippen molar-refractivity contribution >= 4 is 43.2 Å². The predicted octanol–water partition coefficient (Wildman–Crippen LogP) is 10.7. The van der Waals surface area contributed by atoms with Crippen LogP contribution < -0.4 is 0 Å². The monoisotopic (exact) mass is 507 g/mol. The van der Waals surface area contributed by atoms with Gasteiger partial charge in [-0.2, -0.15) is 0 Å². The van der Waals surface area contributed by atoms with E-state index >= 15 is 0 Å². The van der Waals surface area contributed by atoms with Gasteiger partial charge in [0.05, 0.1) is 5.52 Å². The molecule has 0 fully saturated rings. The highest BCUT2D eigenvalue weighted by atomic mass is 14.6. The van der Waals surface area contributed by atoms with Crippen LogP contribution in [0.3, 0.4) is 0 Å². The molecule has 40 heavy (non-hydrogen) atoms. The summed E-state index contributed by atoms with van der Waals surface area (Å²) in [6, 6.07) is 52.3. The van der Waals surface area contributed by atoms with Crippen LogP contribution >= 0.6 is 0 Å². The topological polar surface area (TPSA) is 12.9 Å². The van der Waals surface area contributed by atoms with E-state index in [1.165, 1.54) is 71.1 Å². The lowest BCUT2D eigenvalue weighted by atomic mass is 9.85. The summed E-state index contributed by atoms with van der Waals surface area (Å²) >= 11 is 0. The Kier molecular flexibility index (Phi) is 5.21. The first-order valence-corrected chi connectivity index (χ1v) is 13.7. The quantitative estimate of drug-likeness (QED) is 0.171. The summed E-state index contributed by atoms with van der Waals surface area (Å²) in [7, 11) is 0. The largest absolute Gasteiger partial charge is 0.256 e. The van der Waals surface area contributed by atoms with E-state index in [0.717, 1.165) is 5.52 Å². The molecular formula is C39H25N. The number of benzene rings is 7. The molecule has 186 valence electrons. The SMILES string of the molecule is c1ccc(-c2c3ccccc3c(-c3ccc(-c4ccc5ccccc5c4)cc3)c3cnc4ccccc4c23)cc1. The Labute approximate surface area is 233 Å². The molecule has 0 aliphatic carbocycles. The van der Waals surface area contributed by atoms with Crippen LogP contribution in [0.15, 0.2) is 152 Å². The Balaban J connectivity index is 1.41. The molecule has 8 aromatic rings. The molecule has 0 atom stereocenters. The fourth-order valence-electron chi connectivity index (χ4n) is 6.21. The van der Waals surface area contributed by atoms with Crippen LogP contribution in [0.2, 0.25) is 0 Å². The Bertz CT molecular complexity index is 2190. The molecule has 0 unspecified atom stereocenters. The number of hydrogen-bond donors (Lipinski definition) is 0. The van der Waals surface area contributed by atoms with Crippen LogP contribution in [0.5, 0.6) is 0 Å². The van der Waals surface area contributed by atoms with Crippen molar-refractivity contribution in [3.8, 4) is 33.4 Å². The standard InChI is InChI=1S/C39H25N/c1-2-11-28(12-3-1)38-33-15-7-6-14-32(33)37(35-25-40-36-17-9-8-16-34(36)39(35)38)29-21-18-27(19-22-29)31-23-20-26-10-4-5-13-30(26)24-31/h1-25H. The summed E-state index contributed by atoms with van der Waals surface area (Å²) < 4.78 is 0. The highest BCUT2D eigenvalue weighted by molar-refractivity contribution is 6.27. The Morgan fingerprint density at radius 2 is 0.925 bits per heavy atom. The van der Waals surface area contributed by atoms with Crippen molar-refractivity contribution in [1.82, 2.24) is 4.98 Å². The van der Waals surface area contributed by atoms with Crippen molar-refractivity contribution in [1.29, 1.82) is 0 Å². The van der Waals surface area contributed by atoms with E-state index in [2.05, 4.69) is 152 Å². The van der Waals surface area contributed by atoms with Crippen molar-refractivity contribution in [3.63, 3.8) is 0 Å². The lowest BCUT2D eigenvalue weighted by Crippen LogP contribution is -1.93. The van der Waals surface area contributed by atoms with E-state index in [0.29, 0.717) is 0 Å². The van der Waals surface area contributed by atoms with Gasteiger partial charge in [-0.3, -0.25) is 4.98 Å². The molecule has 0 aliphatic heterocycles. The molecule has 0 spiro atoms. The molecule has 0 amide bonds. The average molecular weight is 508 g/mol. The summed E-state index contributed by atoms with van der Waals surface area (Å²) in [5, 5.41) is 8.63. The van der Waals surface area contributed by atoms with Gasteiger partial charge >= 0.3 is 0 Å².